The lowest BCUT2D eigenvalue weighted by Crippen LogP contribution is -2.40. The van der Waals surface area contributed by atoms with Gasteiger partial charge in [-0.1, -0.05) is 18.2 Å². The molecule has 1 amide bonds. The maximum absolute atomic E-state index is 11.8. The predicted octanol–water partition coefficient (Wildman–Crippen LogP) is 2.83. The van der Waals surface area contributed by atoms with Crippen molar-refractivity contribution in [3.05, 3.63) is 53.7 Å². The van der Waals surface area contributed by atoms with Gasteiger partial charge in [0.2, 0.25) is 11.1 Å². The maximum atomic E-state index is 11.8. The average molecular weight is 455 g/mol. The first-order chi connectivity index (χ1) is 15.5. The van der Waals surface area contributed by atoms with Gasteiger partial charge in [0.15, 0.2) is 0 Å². The number of benzene rings is 1. The second-order valence-corrected chi connectivity index (χ2v) is 7.53. The molecule has 0 saturated carbocycles. The Labute approximate surface area is 188 Å². The minimum absolute atomic E-state index is 0.0204. The Hall–Kier alpha value is -3.47. The molecule has 1 saturated heterocycles. The van der Waals surface area contributed by atoms with Crippen molar-refractivity contribution in [3.8, 4) is 16.9 Å². The molecule has 1 aliphatic carbocycles. The molecule has 1 spiro atoms. The number of para-hydroxylation sites is 1. The third-order valence-electron chi connectivity index (χ3n) is 5.35. The quantitative estimate of drug-likeness (QED) is 0.544. The van der Waals surface area contributed by atoms with Crippen LogP contribution in [0.2, 0.25) is 5.28 Å². The molecule has 164 valence electrons. The summed E-state index contributed by atoms with van der Waals surface area (Å²) < 4.78 is 19.0. The second-order valence-electron chi connectivity index (χ2n) is 7.19. The summed E-state index contributed by atoms with van der Waals surface area (Å²) in [6, 6.07) is 5.54. The van der Waals surface area contributed by atoms with E-state index in [-0.39, 0.29) is 16.7 Å². The normalized spacial score (nSPS) is 16.5. The van der Waals surface area contributed by atoms with Crippen molar-refractivity contribution in [3.63, 3.8) is 0 Å². The number of nitrogens with one attached hydrogen (secondary N) is 1. The van der Waals surface area contributed by atoms with Crippen LogP contribution in [0, 0.1) is 0 Å². The van der Waals surface area contributed by atoms with Crippen LogP contribution in [-0.2, 0) is 9.47 Å². The lowest BCUT2D eigenvalue weighted by Gasteiger charge is -2.35. The van der Waals surface area contributed by atoms with Crippen LogP contribution in [0.15, 0.2) is 42.9 Å². The number of methoxy groups -OCH3 is 1. The summed E-state index contributed by atoms with van der Waals surface area (Å²) in [6.45, 7) is 1.13. The third-order valence-corrected chi connectivity index (χ3v) is 5.53. The smallest absolute Gasteiger partial charge is 0.254 e. The number of rotatable bonds is 6. The number of halogens is 1. The summed E-state index contributed by atoms with van der Waals surface area (Å²) in [5, 5.41) is 7.54. The molecule has 10 nitrogen and oxygen atoms in total. The molecule has 2 aliphatic rings. The van der Waals surface area contributed by atoms with Gasteiger partial charge < -0.3 is 25.3 Å². The number of ether oxygens (including phenoxy) is 3. The highest BCUT2D eigenvalue weighted by Crippen LogP contribution is 2.44. The van der Waals surface area contributed by atoms with E-state index in [1.807, 2.05) is 24.4 Å². The van der Waals surface area contributed by atoms with E-state index in [1.54, 1.807) is 24.1 Å². The molecular weight excluding hydrogens is 436 g/mol. The molecule has 1 aliphatic heterocycles. The molecule has 2 aromatic heterocycles. The van der Waals surface area contributed by atoms with Crippen LogP contribution < -0.4 is 15.8 Å². The number of primary amides is 1. The minimum atomic E-state index is -0.700. The summed E-state index contributed by atoms with van der Waals surface area (Å²) in [7, 11) is 1.56. The Kier molecular flexibility index (Phi) is 5.04. The fraction of sp³-hybridized carbons (Fsp3) is 0.238. The summed E-state index contributed by atoms with van der Waals surface area (Å²) in [5.74, 6) is -0.669. The van der Waals surface area contributed by atoms with E-state index in [0.29, 0.717) is 31.1 Å². The van der Waals surface area contributed by atoms with Crippen molar-refractivity contribution in [2.45, 2.75) is 12.2 Å². The molecular formula is C21H19ClN6O4. The number of anilines is 2. The van der Waals surface area contributed by atoms with E-state index in [4.69, 9.17) is 31.5 Å². The van der Waals surface area contributed by atoms with E-state index < -0.39 is 11.7 Å². The first-order valence-corrected chi connectivity index (χ1v) is 10.2. The Morgan fingerprint density at radius 3 is 2.81 bits per heavy atom. The molecule has 0 radical (unpaired) electrons. The molecule has 3 N–H and O–H groups in total. The zero-order valence-electron chi connectivity index (χ0n) is 17.0. The van der Waals surface area contributed by atoms with Gasteiger partial charge in [-0.05, 0) is 17.7 Å². The first kappa shape index (κ1) is 20.4. The molecule has 1 fully saturated rings. The highest BCUT2D eigenvalue weighted by atomic mass is 35.5. The number of carbonyl (C=O) groups is 1. The standard InChI is InChI=1S/C21H19ClN6O4/c1-30-17-13(12-9-25-28(11-12)16-5-6-21(16)31-7-8-32-21)3-2-4-15(17)26-19-14(18(23)29)10-24-20(22)27-19/h2-5,9-11H,6-8H2,1H3,(H2,23,29)(H,24,26,27). The van der Waals surface area contributed by atoms with Gasteiger partial charge in [0, 0.05) is 29.9 Å². The van der Waals surface area contributed by atoms with Gasteiger partial charge in [0.25, 0.3) is 5.91 Å². The Morgan fingerprint density at radius 2 is 2.12 bits per heavy atom. The van der Waals surface area contributed by atoms with Gasteiger partial charge in [-0.15, -0.1) is 0 Å². The van der Waals surface area contributed by atoms with Crippen LogP contribution in [0.25, 0.3) is 16.8 Å². The molecule has 5 rings (SSSR count). The second kappa shape index (κ2) is 7.90. The number of hydrogen-bond donors (Lipinski definition) is 2. The minimum Gasteiger partial charge on any atom is -0.494 e. The number of carbonyl (C=O) groups excluding carboxylic acids is 1. The van der Waals surface area contributed by atoms with Crippen molar-refractivity contribution in [1.29, 1.82) is 0 Å². The highest BCUT2D eigenvalue weighted by molar-refractivity contribution is 6.28. The van der Waals surface area contributed by atoms with E-state index >= 15 is 0 Å². The lowest BCUT2D eigenvalue weighted by molar-refractivity contribution is -0.119. The number of nitrogens with two attached hydrogens (primary N) is 1. The number of amides is 1. The predicted molar refractivity (Wildman–Crippen MR) is 117 cm³/mol. The van der Waals surface area contributed by atoms with Crippen molar-refractivity contribution in [1.82, 2.24) is 19.7 Å². The van der Waals surface area contributed by atoms with Gasteiger partial charge in [0.05, 0.1) is 37.9 Å². The molecule has 1 aromatic carbocycles. The largest absolute Gasteiger partial charge is 0.494 e. The van der Waals surface area contributed by atoms with Gasteiger partial charge in [-0.25, -0.2) is 9.67 Å². The Bertz CT molecular complexity index is 1230. The zero-order valence-corrected chi connectivity index (χ0v) is 17.8. The fourth-order valence-corrected chi connectivity index (χ4v) is 3.92. The van der Waals surface area contributed by atoms with E-state index in [9.17, 15) is 4.79 Å². The van der Waals surface area contributed by atoms with Crippen LogP contribution >= 0.6 is 11.6 Å². The lowest BCUT2D eigenvalue weighted by atomic mass is 9.97. The summed E-state index contributed by atoms with van der Waals surface area (Å²) >= 11 is 5.91. The van der Waals surface area contributed by atoms with Crippen LogP contribution in [0.1, 0.15) is 16.8 Å². The molecule has 0 atom stereocenters. The molecule has 11 heteroatoms. The fourth-order valence-electron chi connectivity index (χ4n) is 3.79. The van der Waals surface area contributed by atoms with Crippen LogP contribution in [-0.4, -0.2) is 51.8 Å². The molecule has 0 bridgehead atoms. The maximum Gasteiger partial charge on any atom is 0.254 e. The Morgan fingerprint density at radius 1 is 1.31 bits per heavy atom. The van der Waals surface area contributed by atoms with E-state index in [0.717, 1.165) is 16.8 Å². The Balaban J connectivity index is 1.49. The van der Waals surface area contributed by atoms with Crippen LogP contribution in [0.5, 0.6) is 5.75 Å². The van der Waals surface area contributed by atoms with E-state index in [1.165, 1.54) is 6.20 Å². The van der Waals surface area contributed by atoms with Gasteiger partial charge >= 0.3 is 0 Å². The monoisotopic (exact) mass is 454 g/mol. The SMILES string of the molecule is COc1c(Nc2nc(Cl)ncc2C(N)=O)cccc1-c1cnn(C2=CCC23OCCO3)c1. The van der Waals surface area contributed by atoms with Crippen molar-refractivity contribution < 1.29 is 19.0 Å². The summed E-state index contributed by atoms with van der Waals surface area (Å²) in [5.41, 5.74) is 8.57. The zero-order chi connectivity index (χ0) is 22.3. The third kappa shape index (κ3) is 3.38. The summed E-state index contributed by atoms with van der Waals surface area (Å²) in [4.78, 5) is 19.7. The number of hydrogen-bond acceptors (Lipinski definition) is 8. The summed E-state index contributed by atoms with van der Waals surface area (Å²) in [6.07, 6.45) is 7.62. The molecule has 3 heterocycles. The molecule has 0 unspecified atom stereocenters. The van der Waals surface area contributed by atoms with Crippen LogP contribution in [0.3, 0.4) is 0 Å². The number of nitrogens with zero attached hydrogens (tertiary/aromatic N) is 4. The van der Waals surface area contributed by atoms with Crippen molar-refractivity contribution >= 4 is 34.7 Å². The van der Waals surface area contributed by atoms with Gasteiger partial charge in [-0.3, -0.25) is 4.79 Å². The molecule has 3 aromatic rings. The van der Waals surface area contributed by atoms with Crippen molar-refractivity contribution in [2.24, 2.45) is 5.73 Å². The van der Waals surface area contributed by atoms with Crippen molar-refractivity contribution in [2.75, 3.05) is 25.6 Å². The topological polar surface area (TPSA) is 126 Å². The van der Waals surface area contributed by atoms with Gasteiger partial charge in [-0.2, -0.15) is 10.1 Å². The number of aromatic nitrogens is 4. The first-order valence-electron chi connectivity index (χ1n) is 9.81. The average Bonchev–Trinajstić information content (AvgIpc) is 3.44. The van der Waals surface area contributed by atoms with E-state index in [2.05, 4.69) is 20.4 Å². The van der Waals surface area contributed by atoms with Crippen LogP contribution in [0.4, 0.5) is 11.5 Å². The highest BCUT2D eigenvalue weighted by Gasteiger charge is 2.47. The molecule has 32 heavy (non-hydrogen) atoms. The van der Waals surface area contributed by atoms with Gasteiger partial charge in [0.1, 0.15) is 17.1 Å².